The number of hydrogen-bond acceptors (Lipinski definition) is 5. The van der Waals surface area contributed by atoms with Gasteiger partial charge in [0, 0.05) is 12.1 Å². The highest BCUT2D eigenvalue weighted by molar-refractivity contribution is 6.35. The van der Waals surface area contributed by atoms with Crippen LogP contribution in [0.2, 0.25) is 10.0 Å². The Bertz CT molecular complexity index is 656. The van der Waals surface area contributed by atoms with Crippen LogP contribution in [0.3, 0.4) is 0 Å². The molecule has 0 atom stereocenters. The Morgan fingerprint density at radius 2 is 1.81 bits per heavy atom. The van der Waals surface area contributed by atoms with Crippen LogP contribution in [0.5, 0.6) is 0 Å². The highest BCUT2D eigenvalue weighted by atomic mass is 35.5. The summed E-state index contributed by atoms with van der Waals surface area (Å²) in [4.78, 5) is 17.2. The summed E-state index contributed by atoms with van der Waals surface area (Å²) in [5, 5.41) is 0.876. The van der Waals surface area contributed by atoms with Crippen LogP contribution in [0.1, 0.15) is 43.8 Å². The van der Waals surface area contributed by atoms with E-state index in [1.807, 2.05) is 0 Å². The Labute approximate surface area is 132 Å². The number of nitrogens with two attached hydrogens (primary N) is 1. The molecule has 2 heterocycles. The van der Waals surface area contributed by atoms with Gasteiger partial charge in [-0.1, -0.05) is 42.5 Å². The Morgan fingerprint density at radius 3 is 2.52 bits per heavy atom. The molecule has 0 bridgehead atoms. The zero-order valence-electron chi connectivity index (χ0n) is 11.4. The zero-order chi connectivity index (χ0) is 14.8. The van der Waals surface area contributed by atoms with Gasteiger partial charge in [-0.2, -0.15) is 9.97 Å². The van der Waals surface area contributed by atoms with Crippen LogP contribution >= 0.6 is 23.2 Å². The second-order valence-corrected chi connectivity index (χ2v) is 6.04. The molecule has 2 aromatic rings. The van der Waals surface area contributed by atoms with Crippen molar-refractivity contribution in [2.45, 2.75) is 38.0 Å². The van der Waals surface area contributed by atoms with E-state index in [1.54, 1.807) is 6.07 Å². The second-order valence-electron chi connectivity index (χ2n) is 5.19. The Balaban J connectivity index is 2.00. The van der Waals surface area contributed by atoms with Crippen LogP contribution < -0.4 is 5.73 Å². The molecule has 2 aromatic heterocycles. The van der Waals surface area contributed by atoms with Crippen molar-refractivity contribution in [3.63, 3.8) is 0 Å². The zero-order valence-corrected chi connectivity index (χ0v) is 12.9. The highest BCUT2D eigenvalue weighted by Crippen LogP contribution is 2.32. The molecule has 0 saturated heterocycles. The van der Waals surface area contributed by atoms with Gasteiger partial charge in [0.15, 0.2) is 5.82 Å². The number of nitrogen functional groups attached to an aromatic ring is 1. The predicted octanol–water partition coefficient (Wildman–Crippen LogP) is 3.87. The maximum Gasteiger partial charge on any atom is 0.223 e. The van der Waals surface area contributed by atoms with Crippen LogP contribution in [-0.4, -0.2) is 19.9 Å². The van der Waals surface area contributed by atoms with E-state index in [0.29, 0.717) is 27.5 Å². The number of aromatic nitrogens is 4. The van der Waals surface area contributed by atoms with Crippen LogP contribution in [-0.2, 0) is 0 Å². The van der Waals surface area contributed by atoms with Crippen molar-refractivity contribution >= 4 is 29.2 Å². The first-order chi connectivity index (χ1) is 10.1. The molecule has 7 heteroatoms. The third-order valence-electron chi connectivity index (χ3n) is 3.66. The van der Waals surface area contributed by atoms with E-state index in [4.69, 9.17) is 28.9 Å². The molecular formula is C14H15Cl2N5. The molecule has 0 amide bonds. The Kier molecular flexibility index (Phi) is 4.22. The van der Waals surface area contributed by atoms with E-state index in [2.05, 4.69) is 19.9 Å². The molecule has 1 saturated carbocycles. The molecule has 0 spiro atoms. The molecule has 1 fully saturated rings. The average molecular weight is 324 g/mol. The monoisotopic (exact) mass is 323 g/mol. The summed E-state index contributed by atoms with van der Waals surface area (Å²) >= 11 is 12.0. The van der Waals surface area contributed by atoms with Crippen molar-refractivity contribution in [2.24, 2.45) is 0 Å². The van der Waals surface area contributed by atoms with Gasteiger partial charge in [0.05, 0.1) is 10.0 Å². The van der Waals surface area contributed by atoms with Gasteiger partial charge in [-0.15, -0.1) is 0 Å². The van der Waals surface area contributed by atoms with E-state index in [0.717, 1.165) is 18.7 Å². The molecule has 0 unspecified atom stereocenters. The summed E-state index contributed by atoms with van der Waals surface area (Å²) in [6.45, 7) is 0. The number of halogens is 2. The van der Waals surface area contributed by atoms with Gasteiger partial charge in [0.2, 0.25) is 5.95 Å². The van der Waals surface area contributed by atoms with Gasteiger partial charge in [-0.25, -0.2) is 9.97 Å². The minimum atomic E-state index is 0.202. The Morgan fingerprint density at radius 1 is 1.05 bits per heavy atom. The van der Waals surface area contributed by atoms with Crippen LogP contribution in [0.4, 0.5) is 5.95 Å². The third kappa shape index (κ3) is 3.24. The van der Waals surface area contributed by atoms with Crippen molar-refractivity contribution < 1.29 is 0 Å². The largest absolute Gasteiger partial charge is 0.368 e. The number of anilines is 1. The molecule has 21 heavy (non-hydrogen) atoms. The average Bonchev–Trinajstić information content (AvgIpc) is 2.47. The van der Waals surface area contributed by atoms with E-state index >= 15 is 0 Å². The van der Waals surface area contributed by atoms with Crippen molar-refractivity contribution in [1.82, 2.24) is 19.9 Å². The fraction of sp³-hybridized carbons (Fsp3) is 0.429. The maximum atomic E-state index is 6.17. The van der Waals surface area contributed by atoms with Crippen molar-refractivity contribution in [1.29, 1.82) is 0 Å². The quantitative estimate of drug-likeness (QED) is 0.907. The third-order valence-corrected chi connectivity index (χ3v) is 4.15. The number of rotatable bonds is 2. The summed E-state index contributed by atoms with van der Waals surface area (Å²) in [5.74, 6) is 1.69. The molecular weight excluding hydrogens is 309 g/mol. The molecule has 1 aliphatic rings. The van der Waals surface area contributed by atoms with Gasteiger partial charge >= 0.3 is 0 Å². The minimum Gasteiger partial charge on any atom is -0.368 e. The SMILES string of the molecule is Nc1nc(-c2ncc(Cl)cc2Cl)nc(C2CCCCC2)n1. The first-order valence-corrected chi connectivity index (χ1v) is 7.72. The fourth-order valence-electron chi connectivity index (χ4n) is 2.64. The van der Waals surface area contributed by atoms with E-state index in [-0.39, 0.29) is 5.95 Å². The van der Waals surface area contributed by atoms with Gasteiger partial charge in [0.25, 0.3) is 0 Å². The van der Waals surface area contributed by atoms with Crippen molar-refractivity contribution in [3.8, 4) is 11.5 Å². The lowest BCUT2D eigenvalue weighted by atomic mass is 9.89. The summed E-state index contributed by atoms with van der Waals surface area (Å²) in [5.41, 5.74) is 6.30. The second kappa shape index (κ2) is 6.12. The van der Waals surface area contributed by atoms with E-state index < -0.39 is 0 Å². The number of pyridine rings is 1. The molecule has 0 aliphatic heterocycles. The van der Waals surface area contributed by atoms with Crippen LogP contribution in [0, 0.1) is 0 Å². The molecule has 3 rings (SSSR count). The van der Waals surface area contributed by atoms with E-state index in [1.165, 1.54) is 25.5 Å². The molecule has 0 radical (unpaired) electrons. The van der Waals surface area contributed by atoms with Gasteiger partial charge in [-0.3, -0.25) is 0 Å². The normalized spacial score (nSPS) is 16.1. The van der Waals surface area contributed by atoms with Crippen molar-refractivity contribution in [2.75, 3.05) is 5.73 Å². The number of nitrogens with zero attached hydrogens (tertiary/aromatic N) is 4. The molecule has 110 valence electrons. The van der Waals surface area contributed by atoms with Crippen LogP contribution in [0.15, 0.2) is 12.3 Å². The lowest BCUT2D eigenvalue weighted by Gasteiger charge is -2.20. The lowest BCUT2D eigenvalue weighted by Crippen LogP contribution is -2.12. The van der Waals surface area contributed by atoms with Crippen LogP contribution in [0.25, 0.3) is 11.5 Å². The number of hydrogen-bond donors (Lipinski definition) is 1. The molecule has 1 aliphatic carbocycles. The lowest BCUT2D eigenvalue weighted by molar-refractivity contribution is 0.428. The molecule has 2 N–H and O–H groups in total. The molecule has 5 nitrogen and oxygen atoms in total. The predicted molar refractivity (Wildman–Crippen MR) is 83.3 cm³/mol. The fourth-order valence-corrected chi connectivity index (χ4v) is 3.10. The van der Waals surface area contributed by atoms with E-state index in [9.17, 15) is 0 Å². The minimum absolute atomic E-state index is 0.202. The summed E-state index contributed by atoms with van der Waals surface area (Å²) < 4.78 is 0. The van der Waals surface area contributed by atoms with Gasteiger partial charge < -0.3 is 5.73 Å². The van der Waals surface area contributed by atoms with Gasteiger partial charge in [-0.05, 0) is 18.9 Å². The summed E-state index contributed by atoms with van der Waals surface area (Å²) in [6.07, 6.45) is 7.37. The standard InChI is InChI=1S/C14H15Cl2N5/c15-9-6-10(16)11(18-7-9)13-19-12(20-14(17)21-13)8-4-2-1-3-5-8/h6-8H,1-5H2,(H2,17,19,20,21). The topological polar surface area (TPSA) is 77.6 Å². The van der Waals surface area contributed by atoms with Gasteiger partial charge in [0.1, 0.15) is 11.5 Å². The van der Waals surface area contributed by atoms with Crippen molar-refractivity contribution in [3.05, 3.63) is 28.1 Å². The first-order valence-electron chi connectivity index (χ1n) is 6.96. The summed E-state index contributed by atoms with van der Waals surface area (Å²) in [6, 6.07) is 1.62. The molecule has 0 aromatic carbocycles. The Hall–Kier alpha value is -1.46. The maximum absolute atomic E-state index is 6.17. The smallest absolute Gasteiger partial charge is 0.223 e. The first kappa shape index (κ1) is 14.5. The highest BCUT2D eigenvalue weighted by Gasteiger charge is 2.21. The summed E-state index contributed by atoms with van der Waals surface area (Å²) in [7, 11) is 0.